The molecule has 0 aliphatic heterocycles. The van der Waals surface area contributed by atoms with Crippen molar-refractivity contribution in [2.45, 2.75) is 65.3 Å². The summed E-state index contributed by atoms with van der Waals surface area (Å²) in [6.07, 6.45) is 7.54. The lowest BCUT2D eigenvalue weighted by Gasteiger charge is -2.24. The maximum Gasteiger partial charge on any atom is 0.337 e. The van der Waals surface area contributed by atoms with Crippen molar-refractivity contribution in [3.05, 3.63) is 52.8 Å². The van der Waals surface area contributed by atoms with Crippen molar-refractivity contribution in [1.29, 1.82) is 0 Å². The number of carboxylic acids is 1. The van der Waals surface area contributed by atoms with Crippen molar-refractivity contribution in [2.24, 2.45) is 11.7 Å². The van der Waals surface area contributed by atoms with Gasteiger partial charge in [-0.05, 0) is 62.4 Å². The number of aromatic carboxylic acids is 1. The summed E-state index contributed by atoms with van der Waals surface area (Å²) >= 11 is 1.49. The molecule has 1 fully saturated rings. The van der Waals surface area contributed by atoms with Gasteiger partial charge in [-0.25, -0.2) is 14.2 Å². The number of primary amides is 1. The minimum absolute atomic E-state index is 0.211. The van der Waals surface area contributed by atoms with Crippen LogP contribution < -0.4 is 5.73 Å². The van der Waals surface area contributed by atoms with E-state index in [-0.39, 0.29) is 11.7 Å². The highest BCUT2D eigenvalue weighted by Crippen LogP contribution is 2.34. The molecule has 182 valence electrons. The number of aromatic nitrogens is 2. The van der Waals surface area contributed by atoms with E-state index in [9.17, 15) is 19.1 Å². The Morgan fingerprint density at radius 1 is 1.21 bits per heavy atom. The van der Waals surface area contributed by atoms with Gasteiger partial charge in [0.1, 0.15) is 10.8 Å². The van der Waals surface area contributed by atoms with Crippen LogP contribution in [0.1, 0.15) is 67.9 Å². The molecule has 3 aromatic rings. The van der Waals surface area contributed by atoms with Gasteiger partial charge in [0.2, 0.25) is 5.91 Å². The standard InChI is InChI=1S/C22H23FN2O2S.C4H9NO/c1-14-18(22(26)27)11-20(25(14)12-15-5-3-2-4-6-15)19-13-28-21(24-19)16-7-9-17(23)10-8-16;1-2-3-4(5)6/h7-11,13,15H,2-6,12H2,1H3,(H,26,27);2-3H2,1H3,(H2,5,6). The van der Waals surface area contributed by atoms with Crippen molar-refractivity contribution < 1.29 is 19.1 Å². The van der Waals surface area contributed by atoms with E-state index in [1.165, 1.54) is 55.6 Å². The van der Waals surface area contributed by atoms with E-state index in [1.54, 1.807) is 18.2 Å². The van der Waals surface area contributed by atoms with Gasteiger partial charge in [0.25, 0.3) is 0 Å². The number of carbonyl (C=O) groups excluding carboxylic acids is 1. The largest absolute Gasteiger partial charge is 0.478 e. The Bertz CT molecular complexity index is 1120. The van der Waals surface area contributed by atoms with E-state index in [0.717, 1.165) is 40.6 Å². The molecule has 1 saturated carbocycles. The van der Waals surface area contributed by atoms with Gasteiger partial charge in [0.05, 0.1) is 17.0 Å². The first kappa shape index (κ1) is 25.6. The number of benzene rings is 1. The fourth-order valence-corrected chi connectivity index (χ4v) is 5.12. The van der Waals surface area contributed by atoms with Gasteiger partial charge in [-0.15, -0.1) is 11.3 Å². The van der Waals surface area contributed by atoms with Crippen LogP contribution in [0.5, 0.6) is 0 Å². The number of rotatable bonds is 7. The second-order valence-electron chi connectivity index (χ2n) is 8.71. The summed E-state index contributed by atoms with van der Waals surface area (Å²) in [5, 5.41) is 12.4. The number of carboxylic acid groups (broad SMARTS) is 1. The fraction of sp³-hybridized carbons (Fsp3) is 0.423. The fourth-order valence-electron chi connectivity index (χ4n) is 4.30. The molecule has 2 aromatic heterocycles. The molecular weight excluding hydrogens is 453 g/mol. The maximum atomic E-state index is 13.2. The van der Waals surface area contributed by atoms with E-state index in [4.69, 9.17) is 10.7 Å². The zero-order valence-corrected chi connectivity index (χ0v) is 20.5. The second kappa shape index (κ2) is 11.9. The smallest absolute Gasteiger partial charge is 0.337 e. The van der Waals surface area contributed by atoms with E-state index < -0.39 is 5.97 Å². The Balaban J connectivity index is 0.000000481. The van der Waals surface area contributed by atoms with Crippen LogP contribution in [0, 0.1) is 18.7 Å². The first-order valence-corrected chi connectivity index (χ1v) is 12.6. The lowest BCUT2D eigenvalue weighted by Crippen LogP contribution is -2.16. The summed E-state index contributed by atoms with van der Waals surface area (Å²) in [5.74, 6) is -0.813. The average Bonchev–Trinajstić information content (AvgIpc) is 3.41. The third-order valence-corrected chi connectivity index (χ3v) is 7.01. The predicted molar refractivity (Wildman–Crippen MR) is 133 cm³/mol. The lowest BCUT2D eigenvalue weighted by atomic mass is 9.89. The van der Waals surface area contributed by atoms with Crippen LogP contribution in [-0.4, -0.2) is 26.5 Å². The highest BCUT2D eigenvalue weighted by atomic mass is 32.1. The van der Waals surface area contributed by atoms with Crippen molar-refractivity contribution in [3.63, 3.8) is 0 Å². The summed E-state index contributed by atoms with van der Waals surface area (Å²) in [7, 11) is 0. The molecule has 3 N–H and O–H groups in total. The number of nitrogens with zero attached hydrogens (tertiary/aromatic N) is 2. The molecule has 2 heterocycles. The van der Waals surface area contributed by atoms with Crippen LogP contribution in [0.4, 0.5) is 4.39 Å². The molecule has 6 nitrogen and oxygen atoms in total. The Morgan fingerprint density at radius 3 is 2.44 bits per heavy atom. The number of hydrogen-bond donors (Lipinski definition) is 2. The number of nitrogens with two attached hydrogens (primary N) is 1. The summed E-state index contributed by atoms with van der Waals surface area (Å²) < 4.78 is 15.3. The highest BCUT2D eigenvalue weighted by Gasteiger charge is 2.23. The Morgan fingerprint density at radius 2 is 1.88 bits per heavy atom. The molecule has 1 amide bonds. The molecule has 0 bridgehead atoms. The number of halogens is 1. The van der Waals surface area contributed by atoms with Crippen molar-refractivity contribution in [2.75, 3.05) is 0 Å². The molecule has 0 radical (unpaired) electrons. The molecule has 1 aromatic carbocycles. The normalized spacial score (nSPS) is 13.9. The molecule has 0 spiro atoms. The average molecular weight is 486 g/mol. The van der Waals surface area contributed by atoms with Crippen molar-refractivity contribution >= 4 is 23.2 Å². The van der Waals surface area contributed by atoms with Crippen LogP contribution in [0.2, 0.25) is 0 Å². The van der Waals surface area contributed by atoms with Gasteiger partial charge < -0.3 is 15.4 Å². The third-order valence-electron chi connectivity index (χ3n) is 6.12. The first-order valence-electron chi connectivity index (χ1n) is 11.7. The third kappa shape index (κ3) is 6.53. The molecule has 4 rings (SSSR count). The van der Waals surface area contributed by atoms with E-state index in [2.05, 4.69) is 4.57 Å². The minimum Gasteiger partial charge on any atom is -0.478 e. The molecular formula is C26H32FN3O3S. The van der Waals surface area contributed by atoms with Crippen LogP contribution in [0.25, 0.3) is 22.0 Å². The number of carbonyl (C=O) groups is 2. The van der Waals surface area contributed by atoms with Gasteiger partial charge >= 0.3 is 5.97 Å². The van der Waals surface area contributed by atoms with Gasteiger partial charge in [0.15, 0.2) is 0 Å². The van der Waals surface area contributed by atoms with E-state index in [0.29, 0.717) is 17.9 Å². The molecule has 34 heavy (non-hydrogen) atoms. The second-order valence-corrected chi connectivity index (χ2v) is 9.57. The van der Waals surface area contributed by atoms with Crippen LogP contribution in [0.15, 0.2) is 35.7 Å². The first-order chi connectivity index (χ1) is 16.3. The Kier molecular flexibility index (Phi) is 8.98. The van der Waals surface area contributed by atoms with Crippen molar-refractivity contribution in [1.82, 2.24) is 9.55 Å². The quantitative estimate of drug-likeness (QED) is 0.412. The molecule has 1 aliphatic carbocycles. The number of hydrogen-bond acceptors (Lipinski definition) is 4. The molecule has 0 atom stereocenters. The topological polar surface area (TPSA) is 98.2 Å². The summed E-state index contributed by atoms with van der Waals surface area (Å²) in [4.78, 5) is 26.3. The van der Waals surface area contributed by atoms with Crippen LogP contribution in [-0.2, 0) is 11.3 Å². The van der Waals surface area contributed by atoms with Gasteiger partial charge in [-0.1, -0.05) is 26.2 Å². The van der Waals surface area contributed by atoms with Gasteiger partial charge in [-0.2, -0.15) is 0 Å². The lowest BCUT2D eigenvalue weighted by molar-refractivity contribution is -0.118. The minimum atomic E-state index is -0.907. The molecule has 0 saturated heterocycles. The summed E-state index contributed by atoms with van der Waals surface area (Å²) in [6, 6.07) is 8.02. The molecule has 1 aliphatic rings. The monoisotopic (exact) mass is 485 g/mol. The molecule has 0 unspecified atom stereocenters. The zero-order valence-electron chi connectivity index (χ0n) is 19.7. The Labute approximate surface area is 203 Å². The Hall–Kier alpha value is -3.00. The van der Waals surface area contributed by atoms with Crippen LogP contribution in [0.3, 0.4) is 0 Å². The van der Waals surface area contributed by atoms with Crippen molar-refractivity contribution in [3.8, 4) is 22.0 Å². The maximum absolute atomic E-state index is 13.2. The number of amides is 1. The van der Waals surface area contributed by atoms with Crippen LogP contribution >= 0.6 is 11.3 Å². The molecule has 8 heteroatoms. The van der Waals surface area contributed by atoms with Gasteiger partial charge in [0, 0.05) is 29.6 Å². The predicted octanol–water partition coefficient (Wildman–Crippen LogP) is 6.28. The SMILES string of the molecule is CCCC(N)=O.Cc1c(C(=O)O)cc(-c2csc(-c3ccc(F)cc3)n2)n1CC1CCCCC1. The highest BCUT2D eigenvalue weighted by molar-refractivity contribution is 7.13. The summed E-state index contributed by atoms with van der Waals surface area (Å²) in [5.41, 5.74) is 8.37. The zero-order chi connectivity index (χ0) is 24.7. The number of thiazole rings is 1. The van der Waals surface area contributed by atoms with E-state index >= 15 is 0 Å². The summed E-state index contributed by atoms with van der Waals surface area (Å²) in [6.45, 7) is 4.63. The van der Waals surface area contributed by atoms with Gasteiger partial charge in [-0.3, -0.25) is 4.79 Å². The van der Waals surface area contributed by atoms with E-state index in [1.807, 2.05) is 19.2 Å².